The second-order valence-electron chi connectivity index (χ2n) is 14.4. The van der Waals surface area contributed by atoms with E-state index in [-0.39, 0.29) is 22.4 Å². The number of carbonyl (C=O) groups is 1. The zero-order chi connectivity index (χ0) is 30.5. The molecule has 8 saturated carbocycles. The second-order valence-corrected chi connectivity index (χ2v) is 15.5. The summed E-state index contributed by atoms with van der Waals surface area (Å²) in [5.41, 5.74) is 0.133. The van der Waals surface area contributed by atoms with Crippen molar-refractivity contribution in [3.05, 3.63) is 0 Å². The molecule has 0 radical (unpaired) electrons. The number of nitrogens with zero attached hydrogens (tertiary/aromatic N) is 1. The number of rotatable bonds is 14. The molecule has 0 unspecified atom stereocenters. The predicted octanol–water partition coefficient (Wildman–Crippen LogP) is 7.80. The van der Waals surface area contributed by atoms with E-state index in [1.807, 2.05) is 0 Å². The van der Waals surface area contributed by atoms with Crippen molar-refractivity contribution < 1.29 is 19.1 Å². The van der Waals surface area contributed by atoms with E-state index in [0.29, 0.717) is 26.4 Å². The summed E-state index contributed by atoms with van der Waals surface area (Å²) in [5, 5.41) is 6.48. The van der Waals surface area contributed by atoms with Crippen LogP contribution in [-0.4, -0.2) is 67.4 Å². The molecule has 0 aromatic rings. The maximum absolute atomic E-state index is 12.3. The number of isocyanates is 1. The molecule has 246 valence electrons. The lowest BCUT2D eigenvalue weighted by atomic mass is 9.53. The van der Waals surface area contributed by atoms with Gasteiger partial charge in [0.2, 0.25) is 6.08 Å². The normalized spacial score (nSPS) is 35.7. The third-order valence-corrected chi connectivity index (χ3v) is 11.0. The molecule has 0 atom stereocenters. The molecule has 7 nitrogen and oxygen atoms in total. The van der Waals surface area contributed by atoms with Gasteiger partial charge in [-0.25, -0.2) is 9.59 Å². The lowest BCUT2D eigenvalue weighted by Gasteiger charge is -2.56. The molecule has 0 spiro atoms. The fourth-order valence-electron chi connectivity index (χ4n) is 10.1. The third kappa shape index (κ3) is 11.0. The van der Waals surface area contributed by atoms with Gasteiger partial charge < -0.3 is 20.1 Å². The smallest absolute Gasteiger partial charge is 0.315 e. The van der Waals surface area contributed by atoms with Gasteiger partial charge in [0.25, 0.3) is 0 Å². The SMILES string of the molecule is ClCCl.O=C(NCCOCCOCCCCCCCl)NC12CC3CC(CC(C3)C1)C2.O=C=NC12CC3CC(CC(C3)C1)C2. The highest BCUT2D eigenvalue weighted by molar-refractivity contribution is 6.40. The zero-order valence-corrected chi connectivity index (χ0v) is 28.2. The molecule has 2 amide bonds. The van der Waals surface area contributed by atoms with E-state index in [1.54, 1.807) is 6.08 Å². The highest BCUT2D eigenvalue weighted by Crippen LogP contribution is 2.57. The second kappa shape index (κ2) is 18.0. The van der Waals surface area contributed by atoms with Gasteiger partial charge in [0.05, 0.1) is 30.7 Å². The third-order valence-electron chi connectivity index (χ3n) is 10.8. The van der Waals surface area contributed by atoms with Crippen molar-refractivity contribution in [2.45, 2.75) is 114 Å². The van der Waals surface area contributed by atoms with Crippen LogP contribution in [0.5, 0.6) is 0 Å². The van der Waals surface area contributed by atoms with Gasteiger partial charge in [-0.15, -0.1) is 34.8 Å². The first-order valence-corrected chi connectivity index (χ1v) is 18.5. The van der Waals surface area contributed by atoms with E-state index in [4.69, 9.17) is 44.3 Å². The van der Waals surface area contributed by atoms with Crippen molar-refractivity contribution in [3.63, 3.8) is 0 Å². The average molecular weight is 663 g/mol. The van der Waals surface area contributed by atoms with E-state index in [1.165, 1.54) is 89.9 Å². The summed E-state index contributed by atoms with van der Waals surface area (Å²) >= 11 is 15.2. The monoisotopic (exact) mass is 661 g/mol. The van der Waals surface area contributed by atoms with Crippen LogP contribution in [0.4, 0.5) is 4.79 Å². The molecule has 8 aliphatic rings. The highest BCUT2D eigenvalue weighted by Gasteiger charge is 2.52. The van der Waals surface area contributed by atoms with Gasteiger partial charge in [-0.2, -0.15) is 4.99 Å². The van der Waals surface area contributed by atoms with Crippen molar-refractivity contribution in [2.24, 2.45) is 40.5 Å². The summed E-state index contributed by atoms with van der Waals surface area (Å²) in [6.45, 7) is 3.08. The van der Waals surface area contributed by atoms with E-state index >= 15 is 0 Å². The first kappa shape index (κ1) is 35.3. The Hall–Kier alpha value is -0.560. The molecule has 8 bridgehead atoms. The fraction of sp³-hybridized carbons (Fsp3) is 0.939. The van der Waals surface area contributed by atoms with E-state index < -0.39 is 0 Å². The summed E-state index contributed by atoms with van der Waals surface area (Å²) < 4.78 is 11.1. The van der Waals surface area contributed by atoms with Gasteiger partial charge in [-0.05, 0) is 125 Å². The summed E-state index contributed by atoms with van der Waals surface area (Å²) in [6, 6.07) is -0.0197. The number of hydrogen-bond donors (Lipinski definition) is 2. The highest BCUT2D eigenvalue weighted by atomic mass is 35.5. The Morgan fingerprint density at radius 3 is 1.65 bits per heavy atom. The Kier molecular flexibility index (Phi) is 14.7. The van der Waals surface area contributed by atoms with Crippen molar-refractivity contribution >= 4 is 46.9 Å². The molecule has 8 fully saturated rings. The number of urea groups is 1. The van der Waals surface area contributed by atoms with Crippen LogP contribution in [0, 0.1) is 35.5 Å². The number of hydrogen-bond acceptors (Lipinski definition) is 5. The van der Waals surface area contributed by atoms with Crippen LogP contribution in [0.25, 0.3) is 0 Å². The Morgan fingerprint density at radius 1 is 0.698 bits per heavy atom. The molecule has 2 N–H and O–H groups in total. The van der Waals surface area contributed by atoms with Crippen LogP contribution in [0.2, 0.25) is 0 Å². The van der Waals surface area contributed by atoms with E-state index in [2.05, 4.69) is 15.6 Å². The van der Waals surface area contributed by atoms with Gasteiger partial charge >= 0.3 is 6.03 Å². The van der Waals surface area contributed by atoms with Gasteiger partial charge in [0.15, 0.2) is 0 Å². The van der Waals surface area contributed by atoms with Gasteiger partial charge in [-0.1, -0.05) is 12.8 Å². The van der Waals surface area contributed by atoms with Crippen LogP contribution in [0.1, 0.15) is 103 Å². The van der Waals surface area contributed by atoms with E-state index in [0.717, 1.165) is 60.8 Å². The minimum absolute atomic E-state index is 0.0197. The number of halogens is 3. The Balaban J connectivity index is 0.000000217. The van der Waals surface area contributed by atoms with Crippen LogP contribution >= 0.6 is 34.8 Å². The molecule has 0 aliphatic heterocycles. The number of ether oxygens (including phenoxy) is 2. The number of nitrogens with one attached hydrogen (secondary N) is 2. The van der Waals surface area contributed by atoms with Crippen LogP contribution in [-0.2, 0) is 14.3 Å². The van der Waals surface area contributed by atoms with Crippen LogP contribution in [0.15, 0.2) is 4.99 Å². The quantitative estimate of drug-likeness (QED) is 0.0860. The topological polar surface area (TPSA) is 89.0 Å². The minimum atomic E-state index is -0.0197. The molecule has 10 heteroatoms. The first-order valence-electron chi connectivity index (χ1n) is 16.9. The molecular weight excluding hydrogens is 609 g/mol. The maximum Gasteiger partial charge on any atom is 0.315 e. The van der Waals surface area contributed by atoms with Gasteiger partial charge in [0.1, 0.15) is 0 Å². The number of alkyl halides is 3. The summed E-state index contributed by atoms with van der Waals surface area (Å²) in [6.07, 6.45) is 21.8. The van der Waals surface area contributed by atoms with Gasteiger partial charge in [0, 0.05) is 24.6 Å². The minimum Gasteiger partial charge on any atom is -0.379 e. The predicted molar refractivity (Wildman–Crippen MR) is 174 cm³/mol. The molecule has 0 aromatic carbocycles. The zero-order valence-electron chi connectivity index (χ0n) is 25.9. The Morgan fingerprint density at radius 2 is 1.16 bits per heavy atom. The van der Waals surface area contributed by atoms with Crippen LogP contribution in [0.3, 0.4) is 0 Å². The first-order chi connectivity index (χ1) is 20.9. The Labute approximate surface area is 274 Å². The lowest BCUT2D eigenvalue weighted by Crippen LogP contribution is -2.61. The average Bonchev–Trinajstić information content (AvgIpc) is 2.93. The van der Waals surface area contributed by atoms with Crippen molar-refractivity contribution in [1.82, 2.24) is 10.6 Å². The number of amides is 2. The van der Waals surface area contributed by atoms with Crippen LogP contribution < -0.4 is 10.6 Å². The van der Waals surface area contributed by atoms with Crippen molar-refractivity contribution in [1.29, 1.82) is 0 Å². The summed E-state index contributed by atoms with van der Waals surface area (Å²) in [4.78, 5) is 26.8. The van der Waals surface area contributed by atoms with Gasteiger partial charge in [-0.3, -0.25) is 0 Å². The number of carbonyl (C=O) groups excluding carboxylic acids is 2. The molecule has 0 heterocycles. The number of aliphatic imine (C=N–C) groups is 1. The van der Waals surface area contributed by atoms with Crippen molar-refractivity contribution in [3.8, 4) is 0 Å². The van der Waals surface area contributed by atoms with E-state index in [9.17, 15) is 9.59 Å². The fourth-order valence-corrected chi connectivity index (χ4v) is 10.2. The molecule has 43 heavy (non-hydrogen) atoms. The molecule has 0 saturated heterocycles. The number of unbranched alkanes of at least 4 members (excludes halogenated alkanes) is 3. The van der Waals surface area contributed by atoms with Crippen molar-refractivity contribution in [2.75, 3.05) is 44.2 Å². The summed E-state index contributed by atoms with van der Waals surface area (Å²) in [7, 11) is 0. The molecular formula is C33H54Cl3N3O4. The Bertz CT molecular complexity index is 830. The molecule has 8 rings (SSSR count). The lowest BCUT2D eigenvalue weighted by molar-refractivity contribution is -0.0136. The largest absolute Gasteiger partial charge is 0.379 e. The summed E-state index contributed by atoms with van der Waals surface area (Å²) in [5.74, 6) is 5.93. The standard InChI is InChI=1S/C21H37ClN2O3.C11H15NO.CH2Cl2/c22-5-3-1-2-4-7-26-9-10-27-8-6-23-20(25)24-21-14-17-11-18(15-21)13-19(12-17)16-21;13-7-12-11-4-8-1-9(5-11)3-10(2-8)6-11;2-1-3/h17-19H,1-16H2,(H2,23,24,25);8-10H,1-6H2;1H2. The molecule has 8 aliphatic carbocycles. The molecule has 0 aromatic heterocycles. The maximum atomic E-state index is 12.3.